The minimum atomic E-state index is -0.577. The first-order valence-electron chi connectivity index (χ1n) is 7.14. The average Bonchev–Trinajstić information content (AvgIpc) is 2.95. The summed E-state index contributed by atoms with van der Waals surface area (Å²) < 4.78 is 28.8. The van der Waals surface area contributed by atoms with Gasteiger partial charge < -0.3 is 0 Å². The maximum absolute atomic E-state index is 13.9. The van der Waals surface area contributed by atoms with Crippen molar-refractivity contribution in [3.05, 3.63) is 71.6 Å². The minimum absolute atomic E-state index is 0.220. The van der Waals surface area contributed by atoms with Crippen molar-refractivity contribution >= 4 is 11.8 Å². The molecule has 0 aliphatic rings. The van der Waals surface area contributed by atoms with Crippen LogP contribution in [0, 0.1) is 18.6 Å². The first-order chi connectivity index (χ1) is 11.1. The fraction of sp³-hybridized carbons (Fsp3) is 0.176. The molecule has 118 valence electrons. The second kappa shape index (κ2) is 6.50. The molecule has 0 radical (unpaired) electrons. The molecule has 23 heavy (non-hydrogen) atoms. The Balaban J connectivity index is 1.90. The highest BCUT2D eigenvalue weighted by Gasteiger charge is 2.17. The van der Waals surface area contributed by atoms with E-state index in [0.29, 0.717) is 10.7 Å². The molecule has 0 saturated carbocycles. The molecule has 1 aromatic heterocycles. The molecule has 0 saturated heterocycles. The molecule has 0 unspecified atom stereocenters. The Morgan fingerprint density at radius 1 is 1.13 bits per heavy atom. The number of aryl methyl sites for hydroxylation is 1. The van der Waals surface area contributed by atoms with Crippen LogP contribution in [0.2, 0.25) is 0 Å². The molecule has 1 heterocycles. The van der Waals surface area contributed by atoms with E-state index < -0.39 is 11.6 Å². The van der Waals surface area contributed by atoms with E-state index >= 15 is 0 Å². The topological polar surface area (TPSA) is 30.7 Å². The van der Waals surface area contributed by atoms with E-state index in [9.17, 15) is 8.78 Å². The Morgan fingerprint density at radius 2 is 1.91 bits per heavy atom. The molecule has 0 aliphatic heterocycles. The molecule has 6 heteroatoms. The Morgan fingerprint density at radius 3 is 2.65 bits per heavy atom. The summed E-state index contributed by atoms with van der Waals surface area (Å²) in [6, 6.07) is 11.5. The van der Waals surface area contributed by atoms with Gasteiger partial charge in [0.2, 0.25) is 0 Å². The number of benzene rings is 2. The predicted octanol–water partition coefficient (Wildman–Crippen LogP) is 4.71. The van der Waals surface area contributed by atoms with E-state index in [1.54, 1.807) is 6.33 Å². The van der Waals surface area contributed by atoms with Gasteiger partial charge in [-0.3, -0.25) is 4.57 Å². The van der Waals surface area contributed by atoms with E-state index in [-0.39, 0.29) is 5.25 Å². The molecule has 3 nitrogen and oxygen atoms in total. The van der Waals surface area contributed by atoms with Crippen LogP contribution in [0.25, 0.3) is 5.69 Å². The lowest BCUT2D eigenvalue weighted by Crippen LogP contribution is -2.00. The molecular weight excluding hydrogens is 316 g/mol. The van der Waals surface area contributed by atoms with Gasteiger partial charge in [-0.2, -0.15) is 0 Å². The zero-order chi connectivity index (χ0) is 16.4. The Hall–Kier alpha value is -2.21. The molecule has 0 N–H and O–H groups in total. The quantitative estimate of drug-likeness (QED) is 0.649. The smallest absolute Gasteiger partial charge is 0.196 e. The normalized spacial score (nSPS) is 12.3. The summed E-state index contributed by atoms with van der Waals surface area (Å²) in [5.74, 6) is -1.13. The Labute approximate surface area is 137 Å². The standard InChI is InChI=1S/C17H15F2N3S/c1-11-5-3-4-6-16(11)22-10-20-21-17(22)23-12(2)14-8-7-13(18)9-15(14)19/h3-10,12H,1-2H3/t12-/m1/s1. The molecule has 0 fully saturated rings. The molecule has 0 amide bonds. The fourth-order valence-electron chi connectivity index (χ4n) is 2.36. The van der Waals surface area contributed by atoms with Crippen molar-refractivity contribution in [1.82, 2.24) is 14.8 Å². The van der Waals surface area contributed by atoms with Crippen LogP contribution >= 0.6 is 11.8 Å². The van der Waals surface area contributed by atoms with Gasteiger partial charge in [0.25, 0.3) is 0 Å². The van der Waals surface area contributed by atoms with Gasteiger partial charge in [-0.1, -0.05) is 36.0 Å². The van der Waals surface area contributed by atoms with Crippen LogP contribution in [-0.2, 0) is 0 Å². The van der Waals surface area contributed by atoms with E-state index in [1.165, 1.54) is 23.9 Å². The predicted molar refractivity (Wildman–Crippen MR) is 86.7 cm³/mol. The van der Waals surface area contributed by atoms with Crippen molar-refractivity contribution in [1.29, 1.82) is 0 Å². The summed E-state index contributed by atoms with van der Waals surface area (Å²) in [5.41, 5.74) is 2.51. The molecule has 0 spiro atoms. The highest BCUT2D eigenvalue weighted by atomic mass is 32.2. The van der Waals surface area contributed by atoms with Crippen LogP contribution < -0.4 is 0 Å². The summed E-state index contributed by atoms with van der Waals surface area (Å²) in [4.78, 5) is 0. The Kier molecular flexibility index (Phi) is 4.43. The van der Waals surface area contributed by atoms with Gasteiger partial charge in [-0.15, -0.1) is 10.2 Å². The third-order valence-corrected chi connectivity index (χ3v) is 4.67. The third kappa shape index (κ3) is 3.27. The van der Waals surface area contributed by atoms with Crippen LogP contribution in [0.3, 0.4) is 0 Å². The summed E-state index contributed by atoms with van der Waals surface area (Å²) in [5, 5.41) is 8.53. The molecule has 3 rings (SSSR count). The molecule has 1 atom stereocenters. The van der Waals surface area contributed by atoms with E-state index in [0.717, 1.165) is 17.3 Å². The average molecular weight is 331 g/mol. The third-order valence-electron chi connectivity index (χ3n) is 3.57. The van der Waals surface area contributed by atoms with Crippen LogP contribution in [0.5, 0.6) is 0 Å². The summed E-state index contributed by atoms with van der Waals surface area (Å²) in [6.45, 7) is 3.87. The number of para-hydroxylation sites is 1. The van der Waals surface area contributed by atoms with Crippen LogP contribution in [0.4, 0.5) is 8.78 Å². The zero-order valence-corrected chi connectivity index (χ0v) is 13.5. The fourth-order valence-corrected chi connectivity index (χ4v) is 3.34. The number of nitrogens with zero attached hydrogens (tertiary/aromatic N) is 3. The summed E-state index contributed by atoms with van der Waals surface area (Å²) in [7, 11) is 0. The van der Waals surface area contributed by atoms with Gasteiger partial charge in [-0.05, 0) is 31.5 Å². The van der Waals surface area contributed by atoms with Crippen molar-refractivity contribution in [3.8, 4) is 5.69 Å². The van der Waals surface area contributed by atoms with Gasteiger partial charge in [-0.25, -0.2) is 8.78 Å². The van der Waals surface area contributed by atoms with Crippen LogP contribution in [0.15, 0.2) is 53.9 Å². The molecular formula is C17H15F2N3S. The first kappa shape index (κ1) is 15.7. The minimum Gasteiger partial charge on any atom is -0.276 e. The van der Waals surface area contributed by atoms with E-state index in [4.69, 9.17) is 0 Å². The van der Waals surface area contributed by atoms with Gasteiger partial charge in [0, 0.05) is 16.9 Å². The van der Waals surface area contributed by atoms with Crippen molar-refractivity contribution in [3.63, 3.8) is 0 Å². The Bertz CT molecular complexity index is 832. The van der Waals surface area contributed by atoms with Gasteiger partial charge >= 0.3 is 0 Å². The number of halogens is 2. The second-order valence-corrected chi connectivity index (χ2v) is 6.50. The number of hydrogen-bond acceptors (Lipinski definition) is 3. The van der Waals surface area contributed by atoms with Gasteiger partial charge in [0.05, 0.1) is 5.69 Å². The molecule has 2 aromatic carbocycles. The lowest BCUT2D eigenvalue weighted by Gasteiger charge is -2.14. The highest BCUT2D eigenvalue weighted by Crippen LogP contribution is 2.36. The maximum Gasteiger partial charge on any atom is 0.196 e. The van der Waals surface area contributed by atoms with E-state index in [1.807, 2.05) is 42.7 Å². The van der Waals surface area contributed by atoms with E-state index in [2.05, 4.69) is 10.2 Å². The van der Waals surface area contributed by atoms with Crippen LogP contribution in [-0.4, -0.2) is 14.8 Å². The number of aromatic nitrogens is 3. The summed E-state index contributed by atoms with van der Waals surface area (Å²) >= 11 is 1.38. The molecule has 0 bridgehead atoms. The lowest BCUT2D eigenvalue weighted by molar-refractivity contribution is 0.572. The van der Waals surface area contributed by atoms with Crippen molar-refractivity contribution in [2.45, 2.75) is 24.3 Å². The van der Waals surface area contributed by atoms with Crippen LogP contribution in [0.1, 0.15) is 23.3 Å². The van der Waals surface area contributed by atoms with Crippen molar-refractivity contribution in [2.75, 3.05) is 0 Å². The second-order valence-electron chi connectivity index (χ2n) is 5.20. The zero-order valence-electron chi connectivity index (χ0n) is 12.7. The molecule has 3 aromatic rings. The van der Waals surface area contributed by atoms with Gasteiger partial charge in [0.1, 0.15) is 18.0 Å². The summed E-state index contributed by atoms with van der Waals surface area (Å²) in [6.07, 6.45) is 1.64. The monoisotopic (exact) mass is 331 g/mol. The number of hydrogen-bond donors (Lipinski definition) is 0. The van der Waals surface area contributed by atoms with Crippen molar-refractivity contribution in [2.24, 2.45) is 0 Å². The molecule has 0 aliphatic carbocycles. The van der Waals surface area contributed by atoms with Gasteiger partial charge in [0.15, 0.2) is 5.16 Å². The number of rotatable bonds is 4. The SMILES string of the molecule is Cc1ccccc1-n1cnnc1S[C@H](C)c1ccc(F)cc1F. The largest absolute Gasteiger partial charge is 0.276 e. The number of thioether (sulfide) groups is 1. The first-order valence-corrected chi connectivity index (χ1v) is 8.02. The van der Waals surface area contributed by atoms with Crippen molar-refractivity contribution < 1.29 is 8.78 Å². The maximum atomic E-state index is 13.9. The highest BCUT2D eigenvalue weighted by molar-refractivity contribution is 7.99. The lowest BCUT2D eigenvalue weighted by atomic mass is 10.1.